The molecule has 0 aliphatic heterocycles. The number of benzene rings is 2. The van der Waals surface area contributed by atoms with Gasteiger partial charge >= 0.3 is 0 Å². The van der Waals surface area contributed by atoms with Crippen LogP contribution in [0.15, 0.2) is 55.9 Å². The maximum Gasteiger partial charge on any atom is 0.0396 e. The highest BCUT2D eigenvalue weighted by molar-refractivity contribution is 9.16. The van der Waals surface area contributed by atoms with Crippen molar-refractivity contribution in [2.45, 2.75) is 52.9 Å². The van der Waals surface area contributed by atoms with Gasteiger partial charge < -0.3 is 0 Å². The van der Waals surface area contributed by atoms with Gasteiger partial charge in [0, 0.05) is 23.8 Å². The smallest absolute Gasteiger partial charge is 0.0396 e. The summed E-state index contributed by atoms with van der Waals surface area (Å²) in [5.41, 5.74) is 5.18. The first kappa shape index (κ1) is 23.5. The summed E-state index contributed by atoms with van der Waals surface area (Å²) in [5.74, 6) is 0.122. The zero-order valence-corrected chi connectivity index (χ0v) is 24.0. The molecular formula is C25H26Br4. The zero-order valence-electron chi connectivity index (χ0n) is 17.7. The molecule has 0 radical (unpaired) electrons. The van der Waals surface area contributed by atoms with Crippen LogP contribution < -0.4 is 0 Å². The van der Waals surface area contributed by atoms with E-state index in [-0.39, 0.29) is 16.7 Å². The van der Waals surface area contributed by atoms with Crippen LogP contribution in [0.1, 0.15) is 64.2 Å². The van der Waals surface area contributed by atoms with E-state index in [1.54, 1.807) is 0 Å². The highest BCUT2D eigenvalue weighted by Crippen LogP contribution is 2.52. The topological polar surface area (TPSA) is 0 Å². The lowest BCUT2D eigenvalue weighted by Gasteiger charge is -2.30. The van der Waals surface area contributed by atoms with Crippen LogP contribution in [0.2, 0.25) is 0 Å². The zero-order chi connectivity index (χ0) is 21.9. The lowest BCUT2D eigenvalue weighted by atomic mass is 9.78. The van der Waals surface area contributed by atoms with E-state index in [1.807, 2.05) is 6.08 Å². The fraction of sp³-hybridized carbons (Fsp3) is 0.360. The van der Waals surface area contributed by atoms with Gasteiger partial charge in [0.05, 0.1) is 0 Å². The van der Waals surface area contributed by atoms with E-state index in [4.69, 9.17) is 0 Å². The van der Waals surface area contributed by atoms with Crippen LogP contribution in [0.4, 0.5) is 0 Å². The molecule has 0 saturated heterocycles. The molecule has 0 spiro atoms. The average Bonchev–Trinajstić information content (AvgIpc) is 2.61. The van der Waals surface area contributed by atoms with Crippen molar-refractivity contribution in [2.75, 3.05) is 0 Å². The molecule has 1 aliphatic carbocycles. The molecule has 154 valence electrons. The van der Waals surface area contributed by atoms with Crippen LogP contribution >= 0.6 is 63.7 Å². The number of hydrogen-bond acceptors (Lipinski definition) is 0. The highest BCUT2D eigenvalue weighted by atomic mass is 79.9. The summed E-state index contributed by atoms with van der Waals surface area (Å²) < 4.78 is 4.44. The maximum absolute atomic E-state index is 4.07. The minimum atomic E-state index is 0.0313. The van der Waals surface area contributed by atoms with Crippen molar-refractivity contribution in [3.63, 3.8) is 0 Å². The molecule has 1 unspecified atom stereocenters. The summed E-state index contributed by atoms with van der Waals surface area (Å²) in [7, 11) is 0. The van der Waals surface area contributed by atoms with Gasteiger partial charge in [0.15, 0.2) is 0 Å². The van der Waals surface area contributed by atoms with Crippen molar-refractivity contribution in [1.29, 1.82) is 0 Å². The van der Waals surface area contributed by atoms with E-state index in [2.05, 4.69) is 136 Å². The Balaban J connectivity index is 2.44. The van der Waals surface area contributed by atoms with Gasteiger partial charge in [-0.05, 0) is 110 Å². The van der Waals surface area contributed by atoms with E-state index < -0.39 is 0 Å². The quantitative estimate of drug-likeness (QED) is 0.285. The van der Waals surface area contributed by atoms with Gasteiger partial charge in [-0.1, -0.05) is 76.2 Å². The molecule has 4 heteroatoms. The summed E-state index contributed by atoms with van der Waals surface area (Å²) >= 11 is 15.5. The van der Waals surface area contributed by atoms with Crippen LogP contribution in [-0.2, 0) is 5.41 Å². The predicted octanol–water partition coefficient (Wildman–Crippen LogP) is 10.4. The van der Waals surface area contributed by atoms with E-state index in [0.29, 0.717) is 0 Å². The largest absolute Gasteiger partial charge is 0.0988 e. The fourth-order valence-corrected chi connectivity index (χ4v) is 5.79. The van der Waals surface area contributed by atoms with Gasteiger partial charge in [0.25, 0.3) is 0 Å². The molecule has 0 aromatic heterocycles. The minimum absolute atomic E-state index is 0.0313. The highest BCUT2D eigenvalue weighted by Gasteiger charge is 2.30. The number of allylic oxidation sites excluding steroid dienone is 4. The number of hydrogen-bond donors (Lipinski definition) is 0. The standard InChI is InChI=1S/C25H26Br4/c1-8-13(24(2,3)4)9-16-15-12-19(26)21(27)17-10-14(25(5,6)7)11-18(20(15)17)23(29)22(16)28/h8-12,16H,1H2,2-7H3/b13-9+. The van der Waals surface area contributed by atoms with Gasteiger partial charge in [0.2, 0.25) is 0 Å². The first-order chi connectivity index (χ1) is 13.3. The second-order valence-corrected chi connectivity index (χ2v) is 13.0. The summed E-state index contributed by atoms with van der Waals surface area (Å²) in [4.78, 5) is 0. The Morgan fingerprint density at radius 1 is 0.966 bits per heavy atom. The second-order valence-electron chi connectivity index (χ2n) is 9.67. The molecule has 0 amide bonds. The molecular weight excluding hydrogens is 620 g/mol. The molecule has 0 heterocycles. The van der Waals surface area contributed by atoms with Gasteiger partial charge in [-0.3, -0.25) is 0 Å². The van der Waals surface area contributed by atoms with Crippen molar-refractivity contribution in [3.05, 3.63) is 72.6 Å². The predicted molar refractivity (Wildman–Crippen MR) is 143 cm³/mol. The monoisotopic (exact) mass is 642 g/mol. The van der Waals surface area contributed by atoms with Crippen molar-refractivity contribution in [3.8, 4) is 0 Å². The van der Waals surface area contributed by atoms with Crippen molar-refractivity contribution < 1.29 is 0 Å². The molecule has 3 rings (SSSR count). The Labute approximate surface area is 208 Å². The SMILES string of the molecule is C=C/C(=C\C1C(Br)=C(Br)c2cc(C(C)(C)C)cc3c(Br)c(Br)cc1c23)C(C)(C)C. The maximum atomic E-state index is 4.07. The third-order valence-corrected chi connectivity index (χ3v) is 9.80. The average molecular weight is 646 g/mol. The molecule has 1 aliphatic rings. The normalized spacial score (nSPS) is 17.9. The number of halogens is 4. The molecule has 1 atom stereocenters. The van der Waals surface area contributed by atoms with E-state index in [9.17, 15) is 0 Å². The number of rotatable bonds is 2. The Hall–Kier alpha value is -0.160. The summed E-state index contributed by atoms with van der Waals surface area (Å²) in [5, 5.41) is 2.53. The Kier molecular flexibility index (Phi) is 6.54. The van der Waals surface area contributed by atoms with E-state index in [1.165, 1.54) is 33.0 Å². The molecule has 29 heavy (non-hydrogen) atoms. The van der Waals surface area contributed by atoms with Gasteiger partial charge in [-0.25, -0.2) is 0 Å². The van der Waals surface area contributed by atoms with Gasteiger partial charge in [-0.2, -0.15) is 0 Å². The molecule has 0 fully saturated rings. The van der Waals surface area contributed by atoms with Gasteiger partial charge in [0.1, 0.15) is 0 Å². The van der Waals surface area contributed by atoms with E-state index >= 15 is 0 Å². The summed E-state index contributed by atoms with van der Waals surface area (Å²) in [6.07, 6.45) is 4.32. The van der Waals surface area contributed by atoms with Crippen LogP contribution in [0.3, 0.4) is 0 Å². The molecule has 0 N–H and O–H groups in total. The van der Waals surface area contributed by atoms with Crippen LogP contribution in [0, 0.1) is 5.41 Å². The molecule has 2 aromatic carbocycles. The summed E-state index contributed by atoms with van der Waals surface area (Å²) in [6.45, 7) is 17.5. The summed E-state index contributed by atoms with van der Waals surface area (Å²) in [6, 6.07) is 6.91. The molecule has 0 nitrogen and oxygen atoms in total. The first-order valence-corrected chi connectivity index (χ1v) is 12.8. The Morgan fingerprint density at radius 3 is 2.10 bits per heavy atom. The Bertz CT molecular complexity index is 1070. The molecule has 0 saturated carbocycles. The third-order valence-electron chi connectivity index (χ3n) is 5.51. The van der Waals surface area contributed by atoms with Crippen molar-refractivity contribution in [1.82, 2.24) is 0 Å². The first-order valence-electron chi connectivity index (χ1n) is 9.63. The lowest BCUT2D eigenvalue weighted by Crippen LogP contribution is -2.14. The second kappa shape index (κ2) is 8.07. The third kappa shape index (κ3) is 4.29. The van der Waals surface area contributed by atoms with Crippen molar-refractivity contribution in [2.24, 2.45) is 5.41 Å². The van der Waals surface area contributed by atoms with Crippen molar-refractivity contribution >= 4 is 79.0 Å². The van der Waals surface area contributed by atoms with Crippen LogP contribution in [0.25, 0.3) is 15.3 Å². The van der Waals surface area contributed by atoms with Crippen LogP contribution in [-0.4, -0.2) is 0 Å². The minimum Gasteiger partial charge on any atom is -0.0988 e. The Morgan fingerprint density at radius 2 is 1.59 bits per heavy atom. The van der Waals surface area contributed by atoms with Crippen LogP contribution in [0.5, 0.6) is 0 Å². The lowest BCUT2D eigenvalue weighted by molar-refractivity contribution is 0.514. The fourth-order valence-electron chi connectivity index (χ4n) is 3.75. The molecule has 0 bridgehead atoms. The molecule has 2 aromatic rings. The van der Waals surface area contributed by atoms with Gasteiger partial charge in [-0.15, -0.1) is 0 Å². The van der Waals surface area contributed by atoms with E-state index in [0.717, 1.165) is 17.9 Å².